The molecule has 2 aromatic rings. The van der Waals surface area contributed by atoms with Gasteiger partial charge in [-0.2, -0.15) is 0 Å². The third kappa shape index (κ3) is 2.54. The number of rotatable bonds is 3. The molecule has 1 aromatic heterocycles. The summed E-state index contributed by atoms with van der Waals surface area (Å²) in [6.07, 6.45) is 0. The van der Waals surface area contributed by atoms with Crippen LogP contribution in [0.1, 0.15) is 5.69 Å². The van der Waals surface area contributed by atoms with Crippen molar-refractivity contribution >= 4 is 0 Å². The molecule has 0 fully saturated rings. The van der Waals surface area contributed by atoms with Gasteiger partial charge in [0.05, 0.1) is 5.69 Å². The topological polar surface area (TPSA) is 42.0 Å². The van der Waals surface area contributed by atoms with E-state index in [4.69, 9.17) is 4.74 Å². The lowest BCUT2D eigenvalue weighted by Gasteiger charge is -2.04. The second kappa shape index (κ2) is 4.57. The number of para-hydroxylation sites is 1. The molecule has 1 radical (unpaired) electrons. The molecule has 0 saturated heterocycles. The van der Waals surface area contributed by atoms with Gasteiger partial charge in [0.1, 0.15) is 12.4 Å². The molecular weight excluding hydrogens is 190 g/mol. The normalized spacial score (nSPS) is 9.93. The van der Waals surface area contributed by atoms with Crippen molar-refractivity contribution in [2.45, 2.75) is 6.61 Å². The largest absolute Gasteiger partial charge is 0.439 e. The third-order valence-corrected chi connectivity index (χ3v) is 1.89. The molecule has 3 heteroatoms. The molecule has 0 N–H and O–H groups in total. The number of benzene rings is 1. The summed E-state index contributed by atoms with van der Waals surface area (Å²) in [5, 5.41) is 10.6. The first-order valence-corrected chi connectivity index (χ1v) is 4.65. The smallest absolute Gasteiger partial charge is 0.219 e. The molecule has 15 heavy (non-hydrogen) atoms. The molecule has 0 bridgehead atoms. The Morgan fingerprint density at radius 1 is 1.00 bits per heavy atom. The van der Waals surface area contributed by atoms with E-state index in [1.807, 2.05) is 30.3 Å². The van der Waals surface area contributed by atoms with Crippen molar-refractivity contribution in [3.63, 3.8) is 0 Å². The quantitative estimate of drug-likeness (QED) is 0.764. The first-order valence-electron chi connectivity index (χ1n) is 4.65. The van der Waals surface area contributed by atoms with Gasteiger partial charge in [-0.05, 0) is 18.2 Å². The lowest BCUT2D eigenvalue weighted by molar-refractivity contribution is 0.173. The maximum Gasteiger partial charge on any atom is 0.219 e. The van der Waals surface area contributed by atoms with E-state index in [0.29, 0.717) is 17.3 Å². The van der Waals surface area contributed by atoms with E-state index in [9.17, 15) is 5.11 Å². The lowest BCUT2D eigenvalue weighted by Crippen LogP contribution is -1.91. The highest BCUT2D eigenvalue weighted by Gasteiger charge is 1.99. The van der Waals surface area contributed by atoms with Crippen LogP contribution >= 0.6 is 0 Å². The molecule has 0 aliphatic carbocycles. The molecule has 2 rings (SSSR count). The second-order valence-electron chi connectivity index (χ2n) is 3.03. The van der Waals surface area contributed by atoms with Gasteiger partial charge in [0, 0.05) is 6.07 Å². The van der Waals surface area contributed by atoms with Gasteiger partial charge in [-0.15, -0.1) is 0 Å². The average Bonchev–Trinajstić information content (AvgIpc) is 2.31. The Balaban J connectivity index is 2.17. The summed E-state index contributed by atoms with van der Waals surface area (Å²) in [5.41, 5.74) is 0.489. The highest BCUT2D eigenvalue weighted by Crippen LogP contribution is 2.18. The molecule has 1 aromatic carbocycles. The third-order valence-electron chi connectivity index (χ3n) is 1.89. The van der Waals surface area contributed by atoms with Crippen LogP contribution in [0.5, 0.6) is 11.6 Å². The monoisotopic (exact) mass is 200 g/mol. The molecule has 0 aliphatic heterocycles. The number of aromatic nitrogens is 1. The molecular formula is C12H10NO2. The van der Waals surface area contributed by atoms with E-state index in [0.717, 1.165) is 0 Å². The molecule has 0 atom stereocenters. The van der Waals surface area contributed by atoms with E-state index in [1.165, 1.54) is 0 Å². The molecule has 3 nitrogen and oxygen atoms in total. The predicted molar refractivity (Wildman–Crippen MR) is 55.1 cm³/mol. The Morgan fingerprint density at radius 2 is 1.80 bits per heavy atom. The SMILES string of the molecule is [O]Cc1cccc(Oc2ccccc2)n1. The molecule has 0 unspecified atom stereocenters. The van der Waals surface area contributed by atoms with E-state index >= 15 is 0 Å². The van der Waals surface area contributed by atoms with Gasteiger partial charge < -0.3 is 4.74 Å². The van der Waals surface area contributed by atoms with Crippen LogP contribution in [0.25, 0.3) is 0 Å². The number of ether oxygens (including phenoxy) is 1. The summed E-state index contributed by atoms with van der Waals surface area (Å²) in [6.45, 7) is -0.327. The molecule has 1 heterocycles. The Morgan fingerprint density at radius 3 is 2.53 bits per heavy atom. The van der Waals surface area contributed by atoms with Crippen molar-refractivity contribution in [2.75, 3.05) is 0 Å². The summed E-state index contributed by atoms with van der Waals surface area (Å²) in [6, 6.07) is 14.5. The van der Waals surface area contributed by atoms with Gasteiger partial charge in [0.25, 0.3) is 0 Å². The van der Waals surface area contributed by atoms with Gasteiger partial charge in [0.15, 0.2) is 0 Å². The fraction of sp³-hybridized carbons (Fsp3) is 0.0833. The minimum Gasteiger partial charge on any atom is -0.439 e. The van der Waals surface area contributed by atoms with E-state index in [1.54, 1.807) is 18.2 Å². The summed E-state index contributed by atoms with van der Waals surface area (Å²) in [4.78, 5) is 4.05. The van der Waals surface area contributed by atoms with Crippen molar-refractivity contribution in [3.8, 4) is 11.6 Å². The minimum atomic E-state index is -0.327. The number of pyridine rings is 1. The Labute approximate surface area is 88.0 Å². The maximum absolute atomic E-state index is 10.6. The van der Waals surface area contributed by atoms with E-state index in [-0.39, 0.29) is 6.61 Å². The van der Waals surface area contributed by atoms with Gasteiger partial charge in [-0.25, -0.2) is 10.1 Å². The highest BCUT2D eigenvalue weighted by molar-refractivity contribution is 5.27. The van der Waals surface area contributed by atoms with Crippen molar-refractivity contribution in [1.82, 2.24) is 4.98 Å². The van der Waals surface area contributed by atoms with Gasteiger partial charge in [0.2, 0.25) is 5.88 Å². The summed E-state index contributed by atoms with van der Waals surface area (Å²) in [5.74, 6) is 1.17. The molecule has 0 amide bonds. The molecule has 0 saturated carbocycles. The second-order valence-corrected chi connectivity index (χ2v) is 3.03. The summed E-state index contributed by atoms with van der Waals surface area (Å²) < 4.78 is 5.47. The van der Waals surface area contributed by atoms with Gasteiger partial charge >= 0.3 is 0 Å². The van der Waals surface area contributed by atoms with Crippen LogP contribution in [0.15, 0.2) is 48.5 Å². The maximum atomic E-state index is 10.6. The van der Waals surface area contributed by atoms with Crippen LogP contribution in [0.3, 0.4) is 0 Å². The lowest BCUT2D eigenvalue weighted by atomic mass is 10.3. The number of hydrogen-bond acceptors (Lipinski definition) is 2. The van der Waals surface area contributed by atoms with Crippen LogP contribution in [0, 0.1) is 0 Å². The van der Waals surface area contributed by atoms with E-state index < -0.39 is 0 Å². The van der Waals surface area contributed by atoms with Crippen LogP contribution in [0.4, 0.5) is 0 Å². The first-order chi connectivity index (χ1) is 7.38. The van der Waals surface area contributed by atoms with Crippen molar-refractivity contribution < 1.29 is 9.84 Å². The summed E-state index contributed by atoms with van der Waals surface area (Å²) >= 11 is 0. The van der Waals surface area contributed by atoms with Crippen molar-refractivity contribution in [1.29, 1.82) is 0 Å². The Hall–Kier alpha value is -1.87. The van der Waals surface area contributed by atoms with Crippen LogP contribution in [-0.4, -0.2) is 4.98 Å². The zero-order valence-corrected chi connectivity index (χ0v) is 8.09. The Bertz CT molecular complexity index is 429. The van der Waals surface area contributed by atoms with Gasteiger partial charge in [-0.3, -0.25) is 0 Å². The average molecular weight is 200 g/mol. The standard InChI is InChI=1S/C12H10NO2/c14-9-10-5-4-8-12(13-10)15-11-6-2-1-3-7-11/h1-8H,9H2. The van der Waals surface area contributed by atoms with E-state index in [2.05, 4.69) is 4.98 Å². The first kappa shape index (κ1) is 9.68. The fourth-order valence-electron chi connectivity index (χ4n) is 1.20. The molecule has 0 aliphatic rings. The predicted octanol–water partition coefficient (Wildman–Crippen LogP) is 2.80. The summed E-state index contributed by atoms with van der Waals surface area (Å²) in [7, 11) is 0. The van der Waals surface area contributed by atoms with Crippen molar-refractivity contribution in [2.24, 2.45) is 0 Å². The fourth-order valence-corrected chi connectivity index (χ4v) is 1.20. The van der Waals surface area contributed by atoms with Crippen LogP contribution in [0.2, 0.25) is 0 Å². The number of hydrogen-bond donors (Lipinski definition) is 0. The Kier molecular flexibility index (Phi) is 2.95. The van der Waals surface area contributed by atoms with Crippen LogP contribution in [-0.2, 0) is 11.7 Å². The molecule has 75 valence electrons. The highest BCUT2D eigenvalue weighted by atomic mass is 16.5. The van der Waals surface area contributed by atoms with Gasteiger partial charge in [-0.1, -0.05) is 24.3 Å². The van der Waals surface area contributed by atoms with Crippen LogP contribution < -0.4 is 4.74 Å². The molecule has 0 spiro atoms. The minimum absolute atomic E-state index is 0.327. The van der Waals surface area contributed by atoms with Crippen molar-refractivity contribution in [3.05, 3.63) is 54.2 Å². The zero-order valence-electron chi connectivity index (χ0n) is 8.09. The zero-order chi connectivity index (χ0) is 10.5. The number of nitrogens with zero attached hydrogens (tertiary/aromatic N) is 1.